The van der Waals surface area contributed by atoms with E-state index in [2.05, 4.69) is 4.98 Å². The van der Waals surface area contributed by atoms with E-state index in [0.29, 0.717) is 25.3 Å². The van der Waals surface area contributed by atoms with E-state index in [9.17, 15) is 14.7 Å². The molecule has 1 fully saturated rings. The van der Waals surface area contributed by atoms with Crippen LogP contribution in [0.1, 0.15) is 23.7 Å². The molecule has 0 radical (unpaired) electrons. The Morgan fingerprint density at radius 1 is 1.35 bits per heavy atom. The van der Waals surface area contributed by atoms with Gasteiger partial charge in [-0.05, 0) is 24.6 Å². The Morgan fingerprint density at radius 3 is 2.81 bits per heavy atom. The van der Waals surface area contributed by atoms with E-state index in [1.807, 2.05) is 42.0 Å². The number of carbonyl (C=O) groups is 2. The summed E-state index contributed by atoms with van der Waals surface area (Å²) in [5.41, 5.74) is 0.887. The Kier molecular flexibility index (Phi) is 5.25. The number of benzene rings is 1. The molecule has 1 aromatic carbocycles. The molecule has 1 aliphatic rings. The van der Waals surface area contributed by atoms with Crippen molar-refractivity contribution >= 4 is 11.9 Å². The van der Waals surface area contributed by atoms with Gasteiger partial charge in [-0.3, -0.25) is 9.59 Å². The van der Waals surface area contributed by atoms with Crippen LogP contribution in [0.25, 0.3) is 0 Å². The van der Waals surface area contributed by atoms with Crippen LogP contribution < -0.4 is 4.74 Å². The van der Waals surface area contributed by atoms with Crippen molar-refractivity contribution in [2.45, 2.75) is 25.8 Å². The number of hydrogen-bond donors (Lipinski definition) is 1. The first-order valence-electron chi connectivity index (χ1n) is 8.62. The van der Waals surface area contributed by atoms with Gasteiger partial charge in [-0.25, -0.2) is 4.98 Å². The summed E-state index contributed by atoms with van der Waals surface area (Å²) in [5, 5.41) is 9.61. The summed E-state index contributed by atoms with van der Waals surface area (Å²) >= 11 is 0. The van der Waals surface area contributed by atoms with Crippen LogP contribution in [0.2, 0.25) is 0 Å². The minimum absolute atomic E-state index is 0.0326. The average Bonchev–Trinajstić information content (AvgIpc) is 3.26. The number of carboxylic acid groups (broad SMARTS) is 1. The fourth-order valence-corrected chi connectivity index (χ4v) is 3.48. The van der Waals surface area contributed by atoms with E-state index in [0.717, 1.165) is 11.4 Å². The molecule has 2 aromatic rings. The van der Waals surface area contributed by atoms with E-state index < -0.39 is 11.9 Å². The first-order chi connectivity index (χ1) is 12.5. The summed E-state index contributed by atoms with van der Waals surface area (Å²) in [7, 11) is 1.58. The van der Waals surface area contributed by atoms with Crippen molar-refractivity contribution in [2.24, 2.45) is 5.92 Å². The standard InChI is InChI=1S/C19H23N3O4/c1-13-20-7-9-21(13)8-6-18(23)22-11-16(17(12-22)19(24)25)14-4-3-5-15(10-14)26-2/h3-5,7,9-10,16-17H,6,8,11-12H2,1-2H3,(H,24,25)/t16-,17+/m1/s1. The molecule has 1 amide bonds. The average molecular weight is 357 g/mol. The number of methoxy groups -OCH3 is 1. The topological polar surface area (TPSA) is 84.7 Å². The maximum atomic E-state index is 12.6. The van der Waals surface area contributed by atoms with Crippen LogP contribution >= 0.6 is 0 Å². The van der Waals surface area contributed by atoms with Gasteiger partial charge in [-0.1, -0.05) is 12.1 Å². The van der Waals surface area contributed by atoms with Crippen LogP contribution in [0.5, 0.6) is 5.75 Å². The molecule has 1 N–H and O–H groups in total. The summed E-state index contributed by atoms with van der Waals surface area (Å²) in [6, 6.07) is 7.42. The number of hydrogen-bond acceptors (Lipinski definition) is 4. The lowest BCUT2D eigenvalue weighted by atomic mass is 9.89. The molecule has 3 rings (SSSR count). The zero-order chi connectivity index (χ0) is 18.7. The summed E-state index contributed by atoms with van der Waals surface area (Å²) in [6.45, 7) is 3.08. The van der Waals surface area contributed by atoms with E-state index in [-0.39, 0.29) is 18.4 Å². The fraction of sp³-hybridized carbons (Fsp3) is 0.421. The molecular weight excluding hydrogens is 334 g/mol. The largest absolute Gasteiger partial charge is 0.497 e. The highest BCUT2D eigenvalue weighted by Gasteiger charge is 2.40. The molecule has 0 bridgehead atoms. The van der Waals surface area contributed by atoms with Gasteiger partial charge in [0.05, 0.1) is 13.0 Å². The highest BCUT2D eigenvalue weighted by Crippen LogP contribution is 2.34. The molecule has 1 aliphatic heterocycles. The molecule has 2 atom stereocenters. The molecule has 0 aliphatic carbocycles. The Labute approximate surface area is 152 Å². The number of rotatable bonds is 6. The van der Waals surface area contributed by atoms with Crippen molar-refractivity contribution in [3.8, 4) is 5.75 Å². The third-order valence-corrected chi connectivity index (χ3v) is 5.00. The van der Waals surface area contributed by atoms with Crippen LogP contribution in [0.3, 0.4) is 0 Å². The summed E-state index contributed by atoms with van der Waals surface area (Å²) in [6.07, 6.45) is 3.87. The number of likely N-dealkylation sites (tertiary alicyclic amines) is 1. The molecule has 0 saturated carbocycles. The molecule has 26 heavy (non-hydrogen) atoms. The maximum Gasteiger partial charge on any atom is 0.308 e. The highest BCUT2D eigenvalue weighted by atomic mass is 16.5. The van der Waals surface area contributed by atoms with Gasteiger partial charge in [0.25, 0.3) is 0 Å². The highest BCUT2D eigenvalue weighted by molar-refractivity contribution is 5.79. The van der Waals surface area contributed by atoms with Gasteiger partial charge in [-0.15, -0.1) is 0 Å². The van der Waals surface area contributed by atoms with Gasteiger partial charge in [0.1, 0.15) is 11.6 Å². The van der Waals surface area contributed by atoms with Crippen molar-refractivity contribution in [3.05, 3.63) is 48.0 Å². The second kappa shape index (κ2) is 7.59. The lowest BCUT2D eigenvalue weighted by Gasteiger charge is -2.17. The lowest BCUT2D eigenvalue weighted by molar-refractivity contribution is -0.141. The molecule has 0 unspecified atom stereocenters. The summed E-state index contributed by atoms with van der Waals surface area (Å²) in [4.78, 5) is 30.1. The van der Waals surface area contributed by atoms with Gasteiger partial charge >= 0.3 is 5.97 Å². The number of amides is 1. The first kappa shape index (κ1) is 18.0. The normalized spacial score (nSPS) is 19.5. The number of aliphatic carboxylic acids is 1. The minimum atomic E-state index is -0.876. The van der Waals surface area contributed by atoms with E-state index in [4.69, 9.17) is 4.74 Å². The number of carbonyl (C=O) groups excluding carboxylic acids is 1. The van der Waals surface area contributed by atoms with E-state index >= 15 is 0 Å². The number of ether oxygens (including phenoxy) is 1. The third kappa shape index (κ3) is 3.71. The Morgan fingerprint density at radius 2 is 2.15 bits per heavy atom. The fourth-order valence-electron chi connectivity index (χ4n) is 3.48. The van der Waals surface area contributed by atoms with Crippen LogP contribution in [0.4, 0.5) is 0 Å². The first-order valence-corrected chi connectivity index (χ1v) is 8.62. The van der Waals surface area contributed by atoms with Crippen molar-refractivity contribution in [3.63, 3.8) is 0 Å². The van der Waals surface area contributed by atoms with E-state index in [1.165, 1.54) is 0 Å². The van der Waals surface area contributed by atoms with Crippen LogP contribution in [-0.4, -0.2) is 51.6 Å². The van der Waals surface area contributed by atoms with Gasteiger partial charge < -0.3 is 19.3 Å². The van der Waals surface area contributed by atoms with Crippen molar-refractivity contribution in [2.75, 3.05) is 20.2 Å². The van der Waals surface area contributed by atoms with Crippen molar-refractivity contribution < 1.29 is 19.4 Å². The second-order valence-corrected chi connectivity index (χ2v) is 6.54. The summed E-state index contributed by atoms with van der Waals surface area (Å²) in [5.74, 6) is -0.209. The Hall–Kier alpha value is -2.83. The smallest absolute Gasteiger partial charge is 0.308 e. The van der Waals surface area contributed by atoms with Gasteiger partial charge in [0.2, 0.25) is 5.91 Å². The molecule has 138 valence electrons. The second-order valence-electron chi connectivity index (χ2n) is 6.54. The molecule has 1 saturated heterocycles. The molecule has 2 heterocycles. The third-order valence-electron chi connectivity index (χ3n) is 5.00. The number of nitrogens with zero attached hydrogens (tertiary/aromatic N) is 3. The number of aromatic nitrogens is 2. The van der Waals surface area contributed by atoms with Crippen LogP contribution in [-0.2, 0) is 16.1 Å². The Bertz CT molecular complexity index is 802. The lowest BCUT2D eigenvalue weighted by Crippen LogP contribution is -2.30. The van der Waals surface area contributed by atoms with Crippen molar-refractivity contribution in [1.29, 1.82) is 0 Å². The maximum absolute atomic E-state index is 12.6. The predicted molar refractivity (Wildman–Crippen MR) is 95.0 cm³/mol. The van der Waals surface area contributed by atoms with Gasteiger partial charge in [-0.2, -0.15) is 0 Å². The number of carboxylic acids is 1. The van der Waals surface area contributed by atoms with Gasteiger partial charge in [0.15, 0.2) is 0 Å². The summed E-state index contributed by atoms with van der Waals surface area (Å²) < 4.78 is 7.16. The number of imidazole rings is 1. The van der Waals surface area contributed by atoms with Crippen LogP contribution in [0, 0.1) is 12.8 Å². The SMILES string of the molecule is COc1cccc([C@H]2CN(C(=O)CCn3ccnc3C)C[C@@H]2C(=O)O)c1. The quantitative estimate of drug-likeness (QED) is 0.854. The van der Waals surface area contributed by atoms with Gasteiger partial charge in [0, 0.05) is 44.4 Å². The zero-order valence-electron chi connectivity index (χ0n) is 15.0. The van der Waals surface area contributed by atoms with E-state index in [1.54, 1.807) is 18.2 Å². The monoisotopic (exact) mass is 357 g/mol. The molecule has 1 aromatic heterocycles. The number of aryl methyl sites for hydroxylation is 2. The molecule has 0 spiro atoms. The van der Waals surface area contributed by atoms with Crippen molar-refractivity contribution in [1.82, 2.24) is 14.5 Å². The minimum Gasteiger partial charge on any atom is -0.497 e. The molecule has 7 heteroatoms. The Balaban J connectivity index is 1.71. The zero-order valence-corrected chi connectivity index (χ0v) is 15.0. The van der Waals surface area contributed by atoms with Crippen LogP contribution in [0.15, 0.2) is 36.7 Å². The molecule has 7 nitrogen and oxygen atoms in total. The molecular formula is C19H23N3O4. The predicted octanol–water partition coefficient (Wildman–Crippen LogP) is 1.92.